The summed E-state index contributed by atoms with van der Waals surface area (Å²) in [5.41, 5.74) is 1.38. The first-order valence-corrected chi connectivity index (χ1v) is 11.4. The summed E-state index contributed by atoms with van der Waals surface area (Å²) in [5, 5.41) is 11.7. The van der Waals surface area contributed by atoms with Crippen LogP contribution in [0.15, 0.2) is 36.5 Å². The number of thioether (sulfide) groups is 1. The normalized spacial score (nSPS) is 41.2. The first-order valence-electron chi connectivity index (χ1n) is 9.99. The van der Waals surface area contributed by atoms with Gasteiger partial charge in [0, 0.05) is 31.8 Å². The highest BCUT2D eigenvalue weighted by atomic mass is 32.2. The third-order valence-corrected chi connectivity index (χ3v) is 8.40. The fourth-order valence-corrected chi connectivity index (χ4v) is 6.69. The molecule has 0 aromatic heterocycles. The van der Waals surface area contributed by atoms with E-state index in [-0.39, 0.29) is 12.0 Å². The molecule has 0 heterocycles. The lowest BCUT2D eigenvalue weighted by atomic mass is 9.79. The summed E-state index contributed by atoms with van der Waals surface area (Å²) >= 11 is 2.18. The van der Waals surface area contributed by atoms with Crippen LogP contribution in [0.5, 0.6) is 0 Å². The van der Waals surface area contributed by atoms with Crippen molar-refractivity contribution < 1.29 is 9.63 Å². The van der Waals surface area contributed by atoms with E-state index in [2.05, 4.69) is 67.7 Å². The molecule has 2 nitrogen and oxygen atoms in total. The van der Waals surface area contributed by atoms with Crippen LogP contribution in [0, 0.1) is 23.7 Å². The molecule has 0 radical (unpaired) electrons. The van der Waals surface area contributed by atoms with E-state index in [4.69, 9.17) is 4.52 Å². The third kappa shape index (κ3) is 5.96. The molecule has 1 N–H and O–H groups in total. The fraction of sp³-hybridized carbons (Fsp3) is 0.727. The van der Waals surface area contributed by atoms with Crippen LogP contribution in [0.1, 0.15) is 53.4 Å². The maximum Gasteiger partial charge on any atom is 0.0676 e. The van der Waals surface area contributed by atoms with Gasteiger partial charge in [0.15, 0.2) is 0 Å². The van der Waals surface area contributed by atoms with Crippen molar-refractivity contribution in [2.75, 3.05) is 0 Å². The smallest absolute Gasteiger partial charge is 0.0676 e. The SMILES string of the molecule is C=C/C=C\C1CC(SC2CC(C=C(C)C)C(OP)CC2C)C(C)CC1O. The molecule has 148 valence electrons. The van der Waals surface area contributed by atoms with Gasteiger partial charge in [0.05, 0.1) is 12.2 Å². The average Bonchev–Trinajstić information content (AvgIpc) is 2.58. The molecule has 0 aromatic carbocycles. The van der Waals surface area contributed by atoms with Crippen LogP contribution >= 0.6 is 21.2 Å². The molecule has 0 aromatic rings. The highest BCUT2D eigenvalue weighted by Crippen LogP contribution is 2.46. The van der Waals surface area contributed by atoms with Gasteiger partial charge in [-0.05, 0) is 51.4 Å². The second kappa shape index (κ2) is 10.5. The second-order valence-corrected chi connectivity index (χ2v) is 10.3. The Kier molecular flexibility index (Phi) is 8.94. The number of allylic oxidation sites excluding steroid dienone is 3. The van der Waals surface area contributed by atoms with Crippen LogP contribution in [-0.2, 0) is 4.52 Å². The van der Waals surface area contributed by atoms with Gasteiger partial charge >= 0.3 is 0 Å². The van der Waals surface area contributed by atoms with Crippen molar-refractivity contribution in [3.05, 3.63) is 36.5 Å². The first kappa shape index (κ1) is 22.2. The predicted octanol–water partition coefficient (Wildman–Crippen LogP) is 5.79. The van der Waals surface area contributed by atoms with Crippen molar-refractivity contribution in [3.63, 3.8) is 0 Å². The quantitative estimate of drug-likeness (QED) is 0.350. The Morgan fingerprint density at radius 3 is 2.27 bits per heavy atom. The van der Waals surface area contributed by atoms with Gasteiger partial charge in [0.2, 0.25) is 0 Å². The highest BCUT2D eigenvalue weighted by molar-refractivity contribution is 8.00. The van der Waals surface area contributed by atoms with Gasteiger partial charge in [-0.3, -0.25) is 0 Å². The number of rotatable bonds is 6. The fourth-order valence-electron chi connectivity index (χ4n) is 4.50. The summed E-state index contributed by atoms with van der Waals surface area (Å²) in [6.07, 6.45) is 12.7. The molecule has 0 saturated heterocycles. The minimum Gasteiger partial charge on any atom is -0.393 e. The second-order valence-electron chi connectivity index (χ2n) is 8.54. The van der Waals surface area contributed by atoms with Crippen molar-refractivity contribution in [2.45, 2.75) is 76.1 Å². The predicted molar refractivity (Wildman–Crippen MR) is 118 cm³/mol. The topological polar surface area (TPSA) is 29.5 Å². The van der Waals surface area contributed by atoms with E-state index in [0.29, 0.717) is 34.4 Å². The van der Waals surface area contributed by atoms with Crippen LogP contribution in [0.4, 0.5) is 0 Å². The molecule has 0 spiro atoms. The van der Waals surface area contributed by atoms with Gasteiger partial charge in [0.1, 0.15) is 0 Å². The maximum atomic E-state index is 10.4. The summed E-state index contributed by atoms with van der Waals surface area (Å²) in [5.74, 6) is 1.99. The first-order chi connectivity index (χ1) is 12.3. The number of hydrogen-bond donors (Lipinski definition) is 1. The Labute approximate surface area is 167 Å². The zero-order chi connectivity index (χ0) is 19.3. The van der Waals surface area contributed by atoms with Crippen LogP contribution in [0.2, 0.25) is 0 Å². The average molecular weight is 397 g/mol. The van der Waals surface area contributed by atoms with Crippen LogP contribution in [-0.4, -0.2) is 27.8 Å². The zero-order valence-corrected chi connectivity index (χ0v) is 18.8. The molecular weight excluding hydrogens is 359 g/mol. The third-order valence-electron chi connectivity index (χ3n) is 6.03. The minimum atomic E-state index is -0.213. The molecule has 2 aliphatic carbocycles. The van der Waals surface area contributed by atoms with Crippen LogP contribution in [0.25, 0.3) is 0 Å². The largest absolute Gasteiger partial charge is 0.393 e. The monoisotopic (exact) mass is 396 g/mol. The maximum absolute atomic E-state index is 10.4. The number of aliphatic hydroxyl groups excluding tert-OH is 1. The number of aliphatic hydroxyl groups is 1. The van der Waals surface area contributed by atoms with Crippen molar-refractivity contribution in [3.8, 4) is 0 Å². The Hall–Kier alpha value is -0.0800. The summed E-state index contributed by atoms with van der Waals surface area (Å²) < 4.78 is 5.72. The van der Waals surface area contributed by atoms with E-state index in [1.165, 1.54) is 12.0 Å². The molecular formula is C22H37O2PS. The Morgan fingerprint density at radius 2 is 1.69 bits per heavy atom. The lowest BCUT2D eigenvalue weighted by Gasteiger charge is -2.43. The zero-order valence-electron chi connectivity index (χ0n) is 16.8. The molecule has 0 amide bonds. The van der Waals surface area contributed by atoms with Crippen molar-refractivity contribution in [2.24, 2.45) is 23.7 Å². The summed E-state index contributed by atoms with van der Waals surface area (Å²) in [6, 6.07) is 0. The van der Waals surface area contributed by atoms with Crippen molar-refractivity contribution in [1.29, 1.82) is 0 Å². The summed E-state index contributed by atoms with van der Waals surface area (Å²) in [6.45, 7) is 12.8. The highest BCUT2D eigenvalue weighted by Gasteiger charge is 2.39. The Bertz CT molecular complexity index is 514. The molecule has 9 atom stereocenters. The van der Waals surface area contributed by atoms with Gasteiger partial charge in [0.25, 0.3) is 0 Å². The van der Waals surface area contributed by atoms with Crippen LogP contribution < -0.4 is 0 Å². The van der Waals surface area contributed by atoms with Gasteiger partial charge in [-0.1, -0.05) is 50.3 Å². The molecule has 2 fully saturated rings. The Morgan fingerprint density at radius 1 is 1.08 bits per heavy atom. The van der Waals surface area contributed by atoms with Crippen LogP contribution in [0.3, 0.4) is 0 Å². The molecule has 2 rings (SSSR count). The summed E-state index contributed by atoms with van der Waals surface area (Å²) in [4.78, 5) is 0. The van der Waals surface area contributed by atoms with E-state index < -0.39 is 0 Å². The molecule has 0 bridgehead atoms. The minimum absolute atomic E-state index is 0.213. The molecule has 2 aliphatic rings. The van der Waals surface area contributed by atoms with Gasteiger partial charge in [-0.25, -0.2) is 0 Å². The van der Waals surface area contributed by atoms with Gasteiger partial charge in [-0.2, -0.15) is 11.8 Å². The van der Waals surface area contributed by atoms with E-state index in [1.807, 2.05) is 12.2 Å². The lowest BCUT2D eigenvalue weighted by molar-refractivity contribution is 0.0729. The van der Waals surface area contributed by atoms with E-state index in [9.17, 15) is 5.11 Å². The standard InChI is InChI=1S/C22H37O2PS/c1-6-7-8-17-12-21(15(4)10-19(17)23)26-22-13-18(9-14(2)3)20(24-25)11-16(22)5/h6-9,15-23H,1,10-13,25H2,2-5H3/b8-7-. The molecule has 9 unspecified atom stereocenters. The lowest BCUT2D eigenvalue weighted by Crippen LogP contribution is -2.40. The van der Waals surface area contributed by atoms with Crippen molar-refractivity contribution in [1.82, 2.24) is 0 Å². The summed E-state index contributed by atoms with van der Waals surface area (Å²) in [7, 11) is 2.48. The van der Waals surface area contributed by atoms with Gasteiger partial charge in [-0.15, -0.1) is 0 Å². The molecule has 2 saturated carbocycles. The van der Waals surface area contributed by atoms with Crippen molar-refractivity contribution >= 4 is 21.2 Å². The van der Waals surface area contributed by atoms with Gasteiger partial charge < -0.3 is 9.63 Å². The Balaban J connectivity index is 2.06. The van der Waals surface area contributed by atoms with E-state index in [1.54, 1.807) is 0 Å². The van der Waals surface area contributed by atoms with E-state index >= 15 is 0 Å². The molecule has 26 heavy (non-hydrogen) atoms. The van der Waals surface area contributed by atoms with E-state index in [0.717, 1.165) is 19.3 Å². The number of hydrogen-bond acceptors (Lipinski definition) is 3. The molecule has 0 aliphatic heterocycles. The molecule has 4 heteroatoms.